The molecule has 0 saturated heterocycles. The lowest BCUT2D eigenvalue weighted by Gasteiger charge is -2.29. The number of hydroxylamine groups is 1. The molecule has 1 aromatic heterocycles. The third-order valence-corrected chi connectivity index (χ3v) is 5.79. The minimum atomic E-state index is -0.951. The standard InChI is InChI=1S/C23H24FN3O2/c1-5-6-14(2)15(3)16(4)23(22(28)27-29)11-18-13-25-21(26-20(18)12-23)17-7-9-19(24)10-8-17/h5-10,13,29H,1,11-12H2,2-4H3,(H,27,28)/b14-6-,16-15+/t23-/m0/s1. The van der Waals surface area contributed by atoms with Crippen molar-refractivity contribution >= 4 is 5.91 Å². The molecule has 0 unspecified atom stereocenters. The van der Waals surface area contributed by atoms with Gasteiger partial charge < -0.3 is 0 Å². The Labute approximate surface area is 169 Å². The van der Waals surface area contributed by atoms with Crippen LogP contribution in [0.5, 0.6) is 0 Å². The molecule has 1 aliphatic rings. The molecule has 1 heterocycles. The minimum Gasteiger partial charge on any atom is -0.289 e. The van der Waals surface area contributed by atoms with Crippen LogP contribution < -0.4 is 5.48 Å². The number of benzene rings is 1. The lowest BCUT2D eigenvalue weighted by atomic mass is 9.74. The van der Waals surface area contributed by atoms with Crippen molar-refractivity contribution in [3.8, 4) is 11.4 Å². The van der Waals surface area contributed by atoms with Crippen molar-refractivity contribution in [1.29, 1.82) is 0 Å². The molecular weight excluding hydrogens is 369 g/mol. The fraction of sp³-hybridized carbons (Fsp3) is 0.261. The van der Waals surface area contributed by atoms with Crippen LogP contribution in [-0.4, -0.2) is 21.1 Å². The highest BCUT2D eigenvalue weighted by Gasteiger charge is 2.47. The van der Waals surface area contributed by atoms with E-state index in [0.717, 1.165) is 28.0 Å². The molecule has 0 saturated carbocycles. The van der Waals surface area contributed by atoms with Crippen LogP contribution in [-0.2, 0) is 17.6 Å². The zero-order valence-corrected chi connectivity index (χ0v) is 16.8. The van der Waals surface area contributed by atoms with Gasteiger partial charge in [-0.3, -0.25) is 10.0 Å². The first-order valence-corrected chi connectivity index (χ1v) is 9.35. The second-order valence-electron chi connectivity index (χ2n) is 7.38. The lowest BCUT2D eigenvalue weighted by Crippen LogP contribution is -2.41. The summed E-state index contributed by atoms with van der Waals surface area (Å²) < 4.78 is 13.2. The summed E-state index contributed by atoms with van der Waals surface area (Å²) >= 11 is 0. The van der Waals surface area contributed by atoms with E-state index < -0.39 is 11.3 Å². The average molecular weight is 393 g/mol. The summed E-state index contributed by atoms with van der Waals surface area (Å²) in [6, 6.07) is 5.97. The number of carbonyl (C=O) groups is 1. The number of rotatable bonds is 5. The second kappa shape index (κ2) is 8.09. The van der Waals surface area contributed by atoms with Crippen LogP contribution in [0.4, 0.5) is 4.39 Å². The number of nitrogens with zero attached hydrogens (tertiary/aromatic N) is 2. The second-order valence-corrected chi connectivity index (χ2v) is 7.38. The van der Waals surface area contributed by atoms with E-state index in [-0.39, 0.29) is 5.82 Å². The van der Waals surface area contributed by atoms with Crippen LogP contribution in [0.2, 0.25) is 0 Å². The average Bonchev–Trinajstić information content (AvgIpc) is 3.12. The van der Waals surface area contributed by atoms with Crippen LogP contribution in [0.3, 0.4) is 0 Å². The van der Waals surface area contributed by atoms with E-state index in [1.165, 1.54) is 12.1 Å². The molecule has 29 heavy (non-hydrogen) atoms. The summed E-state index contributed by atoms with van der Waals surface area (Å²) in [5, 5.41) is 9.45. The molecule has 0 aliphatic heterocycles. The van der Waals surface area contributed by atoms with Gasteiger partial charge in [-0.1, -0.05) is 24.3 Å². The maximum Gasteiger partial charge on any atom is 0.254 e. The Kier molecular flexibility index (Phi) is 5.75. The molecule has 2 aromatic rings. The van der Waals surface area contributed by atoms with E-state index in [2.05, 4.69) is 16.5 Å². The van der Waals surface area contributed by atoms with Gasteiger partial charge in [-0.25, -0.2) is 19.8 Å². The number of hydrogen-bond donors (Lipinski definition) is 2. The van der Waals surface area contributed by atoms with Gasteiger partial charge in [0.15, 0.2) is 5.82 Å². The van der Waals surface area contributed by atoms with Crippen molar-refractivity contribution in [3.05, 3.63) is 83.0 Å². The summed E-state index contributed by atoms with van der Waals surface area (Å²) in [5.74, 6) is -0.320. The summed E-state index contributed by atoms with van der Waals surface area (Å²) in [6.45, 7) is 9.54. The van der Waals surface area contributed by atoms with Gasteiger partial charge in [-0.2, -0.15) is 0 Å². The summed E-state index contributed by atoms with van der Waals surface area (Å²) in [7, 11) is 0. The van der Waals surface area contributed by atoms with Crippen molar-refractivity contribution in [3.63, 3.8) is 0 Å². The first-order chi connectivity index (χ1) is 13.8. The van der Waals surface area contributed by atoms with E-state index in [1.807, 2.05) is 32.3 Å². The maximum atomic E-state index is 13.2. The zero-order valence-electron chi connectivity index (χ0n) is 16.8. The Morgan fingerprint density at radius 2 is 1.93 bits per heavy atom. The first kappa shape index (κ1) is 20.6. The highest BCUT2D eigenvalue weighted by atomic mass is 19.1. The van der Waals surface area contributed by atoms with Gasteiger partial charge in [0, 0.05) is 23.9 Å². The van der Waals surface area contributed by atoms with E-state index in [1.54, 1.807) is 24.4 Å². The molecule has 0 bridgehead atoms. The van der Waals surface area contributed by atoms with Gasteiger partial charge in [0.1, 0.15) is 5.82 Å². The van der Waals surface area contributed by atoms with Crippen molar-refractivity contribution in [2.24, 2.45) is 5.41 Å². The molecule has 1 aliphatic carbocycles. The Morgan fingerprint density at radius 1 is 1.24 bits per heavy atom. The summed E-state index contributed by atoms with van der Waals surface area (Å²) in [5.41, 5.74) is 6.02. The highest BCUT2D eigenvalue weighted by molar-refractivity contribution is 5.87. The van der Waals surface area contributed by atoms with Crippen LogP contribution in [0.25, 0.3) is 11.4 Å². The number of hydrogen-bond acceptors (Lipinski definition) is 4. The summed E-state index contributed by atoms with van der Waals surface area (Å²) in [6.07, 6.45) is 6.04. The SMILES string of the molecule is C=C/C=C(C)\C(C)=C(/C)[C@]1(C(=O)NO)Cc2cnc(-c3ccc(F)cc3)nc2C1. The number of carbonyl (C=O) groups excluding carboxylic acids is 1. The molecule has 0 radical (unpaired) electrons. The number of nitrogens with one attached hydrogen (secondary N) is 1. The van der Waals surface area contributed by atoms with Gasteiger partial charge in [-0.15, -0.1) is 0 Å². The van der Waals surface area contributed by atoms with Crippen molar-refractivity contribution < 1.29 is 14.4 Å². The van der Waals surface area contributed by atoms with E-state index in [9.17, 15) is 14.4 Å². The largest absolute Gasteiger partial charge is 0.289 e. The molecule has 0 spiro atoms. The van der Waals surface area contributed by atoms with Crippen LogP contribution in [0, 0.1) is 11.2 Å². The van der Waals surface area contributed by atoms with Crippen molar-refractivity contribution in [2.45, 2.75) is 33.6 Å². The molecule has 3 rings (SSSR count). The van der Waals surface area contributed by atoms with E-state index in [4.69, 9.17) is 0 Å². The number of amides is 1. The Hall–Kier alpha value is -3.12. The van der Waals surface area contributed by atoms with Crippen molar-refractivity contribution in [2.75, 3.05) is 0 Å². The van der Waals surface area contributed by atoms with E-state index >= 15 is 0 Å². The van der Waals surface area contributed by atoms with Crippen LogP contribution >= 0.6 is 0 Å². The fourth-order valence-electron chi connectivity index (χ4n) is 3.81. The molecule has 1 atom stereocenters. The van der Waals surface area contributed by atoms with Gasteiger partial charge in [-0.05, 0) is 68.2 Å². The molecule has 6 heteroatoms. The molecule has 1 aromatic carbocycles. The zero-order chi connectivity index (χ0) is 21.2. The Morgan fingerprint density at radius 3 is 2.55 bits per heavy atom. The van der Waals surface area contributed by atoms with Gasteiger partial charge in [0.25, 0.3) is 5.91 Å². The molecule has 1 amide bonds. The van der Waals surface area contributed by atoms with Crippen molar-refractivity contribution in [1.82, 2.24) is 15.4 Å². The lowest BCUT2D eigenvalue weighted by molar-refractivity contribution is -0.137. The van der Waals surface area contributed by atoms with E-state index in [0.29, 0.717) is 24.2 Å². The van der Waals surface area contributed by atoms with Gasteiger partial charge in [0.2, 0.25) is 0 Å². The molecule has 150 valence electrons. The first-order valence-electron chi connectivity index (χ1n) is 9.35. The number of fused-ring (bicyclic) bond motifs is 1. The number of aromatic nitrogens is 2. The molecular formula is C23H24FN3O2. The normalized spacial score (nSPS) is 19.4. The third kappa shape index (κ3) is 3.76. The van der Waals surface area contributed by atoms with Gasteiger partial charge >= 0.3 is 0 Å². The molecule has 5 nitrogen and oxygen atoms in total. The maximum absolute atomic E-state index is 13.2. The summed E-state index contributed by atoms with van der Waals surface area (Å²) in [4.78, 5) is 21.8. The fourth-order valence-corrected chi connectivity index (χ4v) is 3.81. The molecule has 0 fully saturated rings. The monoisotopic (exact) mass is 393 g/mol. The predicted molar refractivity (Wildman–Crippen MR) is 110 cm³/mol. The Balaban J connectivity index is 2.06. The van der Waals surface area contributed by atoms with Crippen LogP contribution in [0.1, 0.15) is 32.0 Å². The Bertz CT molecular complexity index is 1020. The number of allylic oxidation sites excluding steroid dienone is 4. The topological polar surface area (TPSA) is 75.1 Å². The molecule has 2 N–H and O–H groups in total. The smallest absolute Gasteiger partial charge is 0.254 e. The third-order valence-electron chi connectivity index (χ3n) is 5.79. The number of halogens is 1. The minimum absolute atomic E-state index is 0.326. The predicted octanol–water partition coefficient (Wildman–Crippen LogP) is 4.34. The van der Waals surface area contributed by atoms with Crippen LogP contribution in [0.15, 0.2) is 65.9 Å². The quantitative estimate of drug-likeness (QED) is 0.450. The highest BCUT2D eigenvalue weighted by Crippen LogP contribution is 2.44. The van der Waals surface area contributed by atoms with Gasteiger partial charge in [0.05, 0.1) is 5.41 Å².